The maximum atomic E-state index is 10.9. The molecule has 1 spiro atoms. The largest absolute Gasteiger partial charge is 0.390 e. The van der Waals surface area contributed by atoms with Gasteiger partial charge in [0.05, 0.1) is 30.0 Å². The summed E-state index contributed by atoms with van der Waals surface area (Å²) in [4.78, 5) is 0. The summed E-state index contributed by atoms with van der Waals surface area (Å²) < 4.78 is 11.2. The molecule has 1 saturated carbocycles. The van der Waals surface area contributed by atoms with Crippen molar-refractivity contribution in [2.45, 2.75) is 69.9 Å². The van der Waals surface area contributed by atoms with Crippen LogP contribution in [0.15, 0.2) is 11.6 Å². The molecule has 2 fully saturated rings. The molecular formula is C16H28O4. The Kier molecular flexibility index (Phi) is 4.59. The van der Waals surface area contributed by atoms with Gasteiger partial charge in [-0.05, 0) is 46.5 Å². The smallest absolute Gasteiger partial charge is 0.0998 e. The highest BCUT2D eigenvalue weighted by molar-refractivity contribution is 5.12. The molecule has 2 aliphatic rings. The van der Waals surface area contributed by atoms with Crippen LogP contribution >= 0.6 is 0 Å². The summed E-state index contributed by atoms with van der Waals surface area (Å²) in [5, 5.41) is 21.1. The van der Waals surface area contributed by atoms with Crippen LogP contribution in [0, 0.1) is 5.92 Å². The van der Waals surface area contributed by atoms with E-state index in [-0.39, 0.29) is 17.6 Å². The van der Waals surface area contributed by atoms with Crippen LogP contribution in [0.2, 0.25) is 0 Å². The normalized spacial score (nSPS) is 39.4. The molecule has 1 saturated heterocycles. The number of hydrogen-bond acceptors (Lipinski definition) is 4. The zero-order valence-corrected chi connectivity index (χ0v) is 13.1. The number of aliphatic hydroxyl groups excluding tert-OH is 1. The highest BCUT2D eigenvalue weighted by Crippen LogP contribution is 2.52. The van der Waals surface area contributed by atoms with Gasteiger partial charge in [0.25, 0.3) is 0 Å². The molecule has 1 aliphatic heterocycles. The molecule has 2 N–H and O–H groups in total. The lowest BCUT2D eigenvalue weighted by molar-refractivity contribution is -0.164. The average molecular weight is 284 g/mol. The van der Waals surface area contributed by atoms with E-state index in [0.717, 1.165) is 12.8 Å². The maximum absolute atomic E-state index is 10.9. The molecule has 116 valence electrons. The molecular weight excluding hydrogens is 256 g/mol. The first-order valence-corrected chi connectivity index (χ1v) is 7.53. The highest BCUT2D eigenvalue weighted by atomic mass is 16.6. The summed E-state index contributed by atoms with van der Waals surface area (Å²) >= 11 is 0. The molecule has 0 aromatic carbocycles. The number of ether oxygens (including phenoxy) is 2. The summed E-state index contributed by atoms with van der Waals surface area (Å²) in [6.07, 6.45) is 4.23. The maximum Gasteiger partial charge on any atom is 0.0998 e. The van der Waals surface area contributed by atoms with Gasteiger partial charge in [-0.25, -0.2) is 0 Å². The molecule has 4 heteroatoms. The molecule has 0 amide bonds. The van der Waals surface area contributed by atoms with Crippen molar-refractivity contribution in [3.63, 3.8) is 0 Å². The first-order chi connectivity index (χ1) is 9.32. The van der Waals surface area contributed by atoms with Crippen LogP contribution < -0.4 is 0 Å². The van der Waals surface area contributed by atoms with Crippen molar-refractivity contribution in [1.29, 1.82) is 0 Å². The Morgan fingerprint density at radius 2 is 2.15 bits per heavy atom. The Hall–Kier alpha value is -0.420. The molecule has 2 rings (SSSR count). The predicted octanol–water partition coefficient (Wildman–Crippen LogP) is 2.04. The molecule has 1 aliphatic carbocycles. The van der Waals surface area contributed by atoms with Crippen LogP contribution in [0.25, 0.3) is 0 Å². The molecule has 4 nitrogen and oxygen atoms in total. The third kappa shape index (κ3) is 3.08. The van der Waals surface area contributed by atoms with E-state index in [1.807, 2.05) is 6.92 Å². The predicted molar refractivity (Wildman–Crippen MR) is 77.5 cm³/mol. The van der Waals surface area contributed by atoms with Gasteiger partial charge in [0, 0.05) is 13.0 Å². The summed E-state index contributed by atoms with van der Waals surface area (Å²) in [5.74, 6) is -0.172. The number of allylic oxidation sites excluding steroid dienone is 2. The first-order valence-electron chi connectivity index (χ1n) is 7.53. The van der Waals surface area contributed by atoms with Crippen LogP contribution in [-0.4, -0.2) is 47.3 Å². The minimum absolute atomic E-state index is 0.172. The van der Waals surface area contributed by atoms with Gasteiger partial charge in [-0.15, -0.1) is 0 Å². The Morgan fingerprint density at radius 3 is 2.65 bits per heavy atom. The lowest BCUT2D eigenvalue weighted by Crippen LogP contribution is -2.57. The molecule has 0 bridgehead atoms. The van der Waals surface area contributed by atoms with E-state index in [1.165, 1.54) is 5.57 Å². The summed E-state index contributed by atoms with van der Waals surface area (Å²) in [5.41, 5.74) is 0.0731. The van der Waals surface area contributed by atoms with E-state index in [0.29, 0.717) is 19.4 Å². The lowest BCUT2D eigenvalue weighted by atomic mass is 9.66. The topological polar surface area (TPSA) is 62.2 Å². The Balaban J connectivity index is 2.14. The quantitative estimate of drug-likeness (QED) is 0.599. The van der Waals surface area contributed by atoms with Gasteiger partial charge in [0.15, 0.2) is 0 Å². The van der Waals surface area contributed by atoms with E-state index in [9.17, 15) is 10.2 Å². The second-order valence-corrected chi connectivity index (χ2v) is 6.81. The number of aliphatic hydroxyl groups is 2. The zero-order chi connectivity index (χ0) is 15.0. The third-order valence-electron chi connectivity index (χ3n) is 4.80. The average Bonchev–Trinajstić information content (AvgIpc) is 3.11. The van der Waals surface area contributed by atoms with Crippen LogP contribution in [0.4, 0.5) is 0 Å². The van der Waals surface area contributed by atoms with Gasteiger partial charge in [0.1, 0.15) is 0 Å². The molecule has 0 radical (unpaired) electrons. The van der Waals surface area contributed by atoms with Crippen LogP contribution in [0.1, 0.15) is 46.5 Å². The van der Waals surface area contributed by atoms with Gasteiger partial charge < -0.3 is 19.7 Å². The van der Waals surface area contributed by atoms with E-state index in [2.05, 4.69) is 19.9 Å². The zero-order valence-electron chi connectivity index (χ0n) is 13.1. The van der Waals surface area contributed by atoms with E-state index < -0.39 is 11.7 Å². The van der Waals surface area contributed by atoms with Gasteiger partial charge >= 0.3 is 0 Å². The Bertz CT molecular complexity index is 367. The fourth-order valence-corrected chi connectivity index (χ4v) is 3.67. The molecule has 0 aromatic heterocycles. The minimum atomic E-state index is -0.898. The standard InChI is InChI=1S/C16H28O4/c1-11(2)6-5-8-15(3,18)14-13(19-4)12(17)7-9-16(14)10-20-16/h6,12-14,17-18H,5,7-10H2,1-4H3. The van der Waals surface area contributed by atoms with Gasteiger partial charge in [0.2, 0.25) is 0 Å². The third-order valence-corrected chi connectivity index (χ3v) is 4.80. The van der Waals surface area contributed by atoms with Gasteiger partial charge in [-0.2, -0.15) is 0 Å². The minimum Gasteiger partial charge on any atom is -0.390 e. The Labute approximate surface area is 121 Å². The van der Waals surface area contributed by atoms with Gasteiger partial charge in [-0.1, -0.05) is 11.6 Å². The molecule has 5 unspecified atom stereocenters. The van der Waals surface area contributed by atoms with Crippen molar-refractivity contribution in [1.82, 2.24) is 0 Å². The molecule has 0 aromatic rings. The van der Waals surface area contributed by atoms with Crippen molar-refractivity contribution in [2.75, 3.05) is 13.7 Å². The van der Waals surface area contributed by atoms with Gasteiger partial charge in [-0.3, -0.25) is 0 Å². The second kappa shape index (κ2) is 5.76. The van der Waals surface area contributed by atoms with Crippen molar-refractivity contribution in [3.05, 3.63) is 11.6 Å². The number of epoxide rings is 1. The summed E-state index contributed by atoms with van der Waals surface area (Å²) in [6.45, 7) is 6.64. The second-order valence-electron chi connectivity index (χ2n) is 6.81. The summed E-state index contributed by atoms with van der Waals surface area (Å²) in [6, 6.07) is 0. The first kappa shape index (κ1) is 16.0. The highest BCUT2D eigenvalue weighted by Gasteiger charge is 2.63. The lowest BCUT2D eigenvalue weighted by Gasteiger charge is -2.46. The van der Waals surface area contributed by atoms with Crippen molar-refractivity contribution in [2.24, 2.45) is 5.92 Å². The fourth-order valence-electron chi connectivity index (χ4n) is 3.67. The monoisotopic (exact) mass is 284 g/mol. The molecule has 1 heterocycles. The number of methoxy groups -OCH3 is 1. The molecule has 20 heavy (non-hydrogen) atoms. The molecule has 5 atom stereocenters. The van der Waals surface area contributed by atoms with Crippen molar-refractivity contribution >= 4 is 0 Å². The van der Waals surface area contributed by atoms with E-state index in [1.54, 1.807) is 7.11 Å². The van der Waals surface area contributed by atoms with Crippen LogP contribution in [-0.2, 0) is 9.47 Å². The van der Waals surface area contributed by atoms with Crippen LogP contribution in [0.3, 0.4) is 0 Å². The van der Waals surface area contributed by atoms with Crippen LogP contribution in [0.5, 0.6) is 0 Å². The summed E-state index contributed by atoms with van der Waals surface area (Å²) in [7, 11) is 1.61. The Morgan fingerprint density at radius 1 is 1.50 bits per heavy atom. The number of rotatable bonds is 5. The fraction of sp³-hybridized carbons (Fsp3) is 0.875. The van der Waals surface area contributed by atoms with Crippen molar-refractivity contribution in [3.8, 4) is 0 Å². The van der Waals surface area contributed by atoms with E-state index in [4.69, 9.17) is 9.47 Å². The van der Waals surface area contributed by atoms with E-state index >= 15 is 0 Å². The SMILES string of the molecule is COC1C(O)CCC2(CO2)C1C(C)(O)CCC=C(C)C. The number of hydrogen-bond donors (Lipinski definition) is 2. The van der Waals surface area contributed by atoms with Crippen molar-refractivity contribution < 1.29 is 19.7 Å².